The Labute approximate surface area is 135 Å². The number of hydrogen-bond donors (Lipinski definition) is 0. The van der Waals surface area contributed by atoms with Crippen LogP contribution in [-0.4, -0.2) is 35.5 Å². The molecule has 0 saturated heterocycles. The average molecular weight is 347 g/mol. The molecule has 0 fully saturated rings. The zero-order valence-corrected chi connectivity index (χ0v) is 13.0. The van der Waals surface area contributed by atoms with Gasteiger partial charge in [0, 0.05) is 11.3 Å². The Kier molecular flexibility index (Phi) is 6.44. The number of ketones is 1. The van der Waals surface area contributed by atoms with Crippen molar-refractivity contribution in [3.63, 3.8) is 0 Å². The number of hydrogen-bond acceptors (Lipinski definition) is 5. The number of rotatable bonds is 7. The molecule has 6 nitrogen and oxygen atoms in total. The van der Waals surface area contributed by atoms with Gasteiger partial charge in [-0.2, -0.15) is 13.2 Å². The Morgan fingerprint density at radius 1 is 1.33 bits per heavy atom. The molecule has 132 valence electrons. The molecular weight excluding hydrogens is 331 g/mol. The third kappa shape index (κ3) is 5.04. The number of nitrogens with zero attached hydrogens (tertiary/aromatic N) is 1. The van der Waals surface area contributed by atoms with Crippen molar-refractivity contribution in [2.45, 2.75) is 38.4 Å². The zero-order chi connectivity index (χ0) is 18.5. The molecule has 1 aromatic rings. The molecular formula is C15H16F3NO5. The van der Waals surface area contributed by atoms with Gasteiger partial charge >= 0.3 is 18.2 Å². The summed E-state index contributed by atoms with van der Waals surface area (Å²) in [6.07, 6.45) is -6.35. The van der Waals surface area contributed by atoms with E-state index in [1.807, 2.05) is 0 Å². The van der Waals surface area contributed by atoms with E-state index in [1.54, 1.807) is 13.0 Å². The van der Waals surface area contributed by atoms with Crippen molar-refractivity contribution in [1.82, 2.24) is 0 Å². The Morgan fingerprint density at radius 2 is 1.96 bits per heavy atom. The van der Waals surface area contributed by atoms with Crippen molar-refractivity contribution < 1.29 is 32.4 Å². The SMILES string of the molecule is CCOC(=O)C(C(CC(=O)C(F)(F)F)c1cccc(C)c1)[N+](=O)[O-]. The maximum atomic E-state index is 12.6. The molecule has 0 bridgehead atoms. The molecule has 0 aliphatic rings. The van der Waals surface area contributed by atoms with E-state index >= 15 is 0 Å². The number of carbonyl (C=O) groups is 2. The van der Waals surface area contributed by atoms with Gasteiger partial charge in [-0.3, -0.25) is 14.9 Å². The molecule has 0 N–H and O–H groups in total. The van der Waals surface area contributed by atoms with Crippen LogP contribution in [0.5, 0.6) is 0 Å². The van der Waals surface area contributed by atoms with Gasteiger partial charge in [0.15, 0.2) is 0 Å². The fourth-order valence-corrected chi connectivity index (χ4v) is 2.25. The van der Waals surface area contributed by atoms with E-state index in [4.69, 9.17) is 0 Å². The van der Waals surface area contributed by atoms with Gasteiger partial charge in [0.05, 0.1) is 12.5 Å². The number of alkyl halides is 3. The second kappa shape index (κ2) is 7.89. The van der Waals surface area contributed by atoms with Crippen LogP contribution in [0.4, 0.5) is 13.2 Å². The fraction of sp³-hybridized carbons (Fsp3) is 0.467. The van der Waals surface area contributed by atoms with Crippen LogP contribution in [0.1, 0.15) is 30.4 Å². The van der Waals surface area contributed by atoms with Gasteiger partial charge in [-0.25, -0.2) is 4.79 Å². The number of nitro groups is 1. The normalized spacial score (nSPS) is 13.9. The summed E-state index contributed by atoms with van der Waals surface area (Å²) in [4.78, 5) is 33.4. The van der Waals surface area contributed by atoms with Crippen LogP contribution < -0.4 is 0 Å². The van der Waals surface area contributed by atoms with Gasteiger partial charge in [-0.1, -0.05) is 29.8 Å². The summed E-state index contributed by atoms with van der Waals surface area (Å²) in [6.45, 7) is 2.88. The minimum atomic E-state index is -5.14. The minimum Gasteiger partial charge on any atom is -0.461 e. The van der Waals surface area contributed by atoms with E-state index in [2.05, 4.69) is 4.74 Å². The monoisotopic (exact) mass is 347 g/mol. The largest absolute Gasteiger partial charge is 0.461 e. The van der Waals surface area contributed by atoms with Gasteiger partial charge in [0.1, 0.15) is 0 Å². The van der Waals surface area contributed by atoms with Crippen LogP contribution in [0.25, 0.3) is 0 Å². The standard InChI is InChI=1S/C15H16F3NO5/c1-3-24-14(21)13(19(22)23)11(8-12(20)15(16,17)18)10-6-4-5-9(2)7-10/h4-7,11,13H,3,8H2,1-2H3. The van der Waals surface area contributed by atoms with E-state index in [-0.39, 0.29) is 12.2 Å². The number of benzene rings is 1. The highest BCUT2D eigenvalue weighted by atomic mass is 19.4. The van der Waals surface area contributed by atoms with Crippen LogP contribution in [0.15, 0.2) is 24.3 Å². The predicted octanol–water partition coefficient (Wildman–Crippen LogP) is 2.81. The molecule has 0 aliphatic carbocycles. The molecule has 1 rings (SSSR count). The van der Waals surface area contributed by atoms with Crippen molar-refractivity contribution in [3.05, 3.63) is 45.5 Å². The summed E-state index contributed by atoms with van der Waals surface area (Å²) in [5, 5.41) is 11.3. The van der Waals surface area contributed by atoms with Gasteiger partial charge in [-0.05, 0) is 19.4 Å². The summed E-state index contributed by atoms with van der Waals surface area (Å²) < 4.78 is 42.3. The molecule has 2 atom stereocenters. The van der Waals surface area contributed by atoms with Gasteiger partial charge in [0.2, 0.25) is 5.78 Å². The summed E-state index contributed by atoms with van der Waals surface area (Å²) in [7, 11) is 0. The highest BCUT2D eigenvalue weighted by molar-refractivity contribution is 5.86. The van der Waals surface area contributed by atoms with Crippen molar-refractivity contribution in [3.8, 4) is 0 Å². The third-order valence-corrected chi connectivity index (χ3v) is 3.33. The van der Waals surface area contributed by atoms with E-state index in [1.165, 1.54) is 25.1 Å². The summed E-state index contributed by atoms with van der Waals surface area (Å²) in [5.41, 5.74) is 0.727. The Bertz CT molecular complexity index is 630. The summed E-state index contributed by atoms with van der Waals surface area (Å²) >= 11 is 0. The van der Waals surface area contributed by atoms with Crippen molar-refractivity contribution >= 4 is 11.8 Å². The number of aryl methyl sites for hydroxylation is 1. The molecule has 0 saturated carbocycles. The second-order valence-corrected chi connectivity index (χ2v) is 5.13. The summed E-state index contributed by atoms with van der Waals surface area (Å²) in [5.74, 6) is -4.98. The lowest BCUT2D eigenvalue weighted by molar-refractivity contribution is -0.514. The molecule has 0 amide bonds. The maximum Gasteiger partial charge on any atom is 0.449 e. The third-order valence-electron chi connectivity index (χ3n) is 3.33. The molecule has 0 spiro atoms. The number of esters is 1. The van der Waals surface area contributed by atoms with Crippen molar-refractivity contribution in [2.24, 2.45) is 0 Å². The second-order valence-electron chi connectivity index (χ2n) is 5.13. The van der Waals surface area contributed by atoms with Crippen LogP contribution in [0, 0.1) is 17.0 Å². The molecule has 24 heavy (non-hydrogen) atoms. The predicted molar refractivity (Wildman–Crippen MR) is 77.0 cm³/mol. The lowest BCUT2D eigenvalue weighted by atomic mass is 9.86. The quantitative estimate of drug-likeness (QED) is 0.430. The topological polar surface area (TPSA) is 86.5 Å². The van der Waals surface area contributed by atoms with E-state index < -0.39 is 41.2 Å². The van der Waals surface area contributed by atoms with Crippen LogP contribution in [-0.2, 0) is 14.3 Å². The molecule has 9 heteroatoms. The lowest BCUT2D eigenvalue weighted by Crippen LogP contribution is -2.39. The Morgan fingerprint density at radius 3 is 2.42 bits per heavy atom. The lowest BCUT2D eigenvalue weighted by Gasteiger charge is -2.20. The molecule has 2 unspecified atom stereocenters. The van der Waals surface area contributed by atoms with Crippen LogP contribution in [0.2, 0.25) is 0 Å². The number of halogens is 3. The van der Waals surface area contributed by atoms with E-state index in [9.17, 15) is 32.9 Å². The van der Waals surface area contributed by atoms with Crippen molar-refractivity contribution in [1.29, 1.82) is 0 Å². The first kappa shape index (κ1) is 19.6. The van der Waals surface area contributed by atoms with Crippen LogP contribution in [0.3, 0.4) is 0 Å². The van der Waals surface area contributed by atoms with E-state index in [0.29, 0.717) is 5.56 Å². The minimum absolute atomic E-state index is 0.0994. The first-order chi connectivity index (χ1) is 11.1. The molecule has 0 aliphatic heterocycles. The zero-order valence-electron chi connectivity index (χ0n) is 13.0. The van der Waals surface area contributed by atoms with E-state index in [0.717, 1.165) is 0 Å². The first-order valence-electron chi connectivity index (χ1n) is 7.04. The fourth-order valence-electron chi connectivity index (χ4n) is 2.25. The number of carbonyl (C=O) groups excluding carboxylic acids is 2. The number of Topliss-reactive ketones (excluding diaryl/α,β-unsaturated/α-hetero) is 1. The highest BCUT2D eigenvalue weighted by Gasteiger charge is 2.47. The molecule has 0 radical (unpaired) electrons. The summed E-state index contributed by atoms with van der Waals surface area (Å²) in [6, 6.07) is 3.77. The number of ether oxygens (including phenoxy) is 1. The van der Waals surface area contributed by atoms with Gasteiger partial charge < -0.3 is 4.74 Å². The smallest absolute Gasteiger partial charge is 0.449 e. The highest BCUT2D eigenvalue weighted by Crippen LogP contribution is 2.31. The van der Waals surface area contributed by atoms with Gasteiger partial charge in [0.25, 0.3) is 0 Å². The molecule has 0 heterocycles. The van der Waals surface area contributed by atoms with Crippen molar-refractivity contribution in [2.75, 3.05) is 6.61 Å². The van der Waals surface area contributed by atoms with Gasteiger partial charge in [-0.15, -0.1) is 0 Å². The Balaban J connectivity index is 3.32. The van der Waals surface area contributed by atoms with Crippen LogP contribution >= 0.6 is 0 Å². The first-order valence-corrected chi connectivity index (χ1v) is 7.04. The molecule has 0 aromatic heterocycles. The maximum absolute atomic E-state index is 12.6. The molecule has 1 aromatic carbocycles. The average Bonchev–Trinajstić information content (AvgIpc) is 2.45. The Hall–Kier alpha value is -2.45.